The van der Waals surface area contributed by atoms with Crippen LogP contribution in [-0.4, -0.2) is 45.2 Å². The number of pyridine rings is 1. The number of amides is 1. The van der Waals surface area contributed by atoms with Crippen LogP contribution in [0.25, 0.3) is 16.7 Å². The molecule has 1 aliphatic rings. The first-order valence-electron chi connectivity index (χ1n) is 11.8. The second kappa shape index (κ2) is 9.68. The van der Waals surface area contributed by atoms with Crippen molar-refractivity contribution in [3.8, 4) is 5.69 Å². The molecule has 0 atom stereocenters. The molecule has 0 radical (unpaired) electrons. The lowest BCUT2D eigenvalue weighted by Crippen LogP contribution is -2.32. The van der Waals surface area contributed by atoms with Crippen LogP contribution >= 0.6 is 0 Å². The zero-order valence-electron chi connectivity index (χ0n) is 19.6. The zero-order chi connectivity index (χ0) is 24.4. The highest BCUT2D eigenvalue weighted by Crippen LogP contribution is 2.25. The number of rotatable bonds is 6. The third-order valence-corrected chi connectivity index (χ3v) is 6.35. The fraction of sp³-hybridized carbons (Fsp3) is 0.259. The van der Waals surface area contributed by atoms with Crippen LogP contribution in [0.1, 0.15) is 33.6 Å². The Morgan fingerprint density at radius 2 is 1.80 bits per heavy atom. The Kier molecular flexibility index (Phi) is 6.29. The lowest BCUT2D eigenvalue weighted by atomic mass is 10.0. The minimum atomic E-state index is -0.221. The predicted molar refractivity (Wildman–Crippen MR) is 135 cm³/mol. The number of aliphatic hydroxyl groups is 1. The van der Waals surface area contributed by atoms with Crippen molar-refractivity contribution in [2.45, 2.75) is 26.3 Å². The van der Waals surface area contributed by atoms with E-state index >= 15 is 0 Å². The molecule has 2 aromatic carbocycles. The summed E-state index contributed by atoms with van der Waals surface area (Å²) < 4.78 is 1.57. The molecule has 2 N–H and O–H groups in total. The van der Waals surface area contributed by atoms with Gasteiger partial charge >= 0.3 is 0 Å². The van der Waals surface area contributed by atoms with Gasteiger partial charge in [-0.05, 0) is 61.2 Å². The summed E-state index contributed by atoms with van der Waals surface area (Å²) in [5, 5.41) is 12.5. The van der Waals surface area contributed by atoms with E-state index in [9.17, 15) is 9.59 Å². The van der Waals surface area contributed by atoms with Crippen molar-refractivity contribution in [1.82, 2.24) is 19.9 Å². The van der Waals surface area contributed by atoms with E-state index in [-0.39, 0.29) is 18.1 Å². The molecule has 0 unspecified atom stereocenters. The molecule has 8 heteroatoms. The normalized spacial score (nSPS) is 13.0. The number of hydrogen-bond donors (Lipinski definition) is 2. The van der Waals surface area contributed by atoms with E-state index in [4.69, 9.17) is 15.1 Å². The van der Waals surface area contributed by atoms with E-state index in [2.05, 4.69) is 28.4 Å². The molecule has 0 bridgehead atoms. The average Bonchev–Trinajstić information content (AvgIpc) is 2.88. The monoisotopic (exact) mass is 469 g/mol. The number of benzene rings is 2. The van der Waals surface area contributed by atoms with Crippen molar-refractivity contribution in [2.24, 2.45) is 0 Å². The van der Waals surface area contributed by atoms with Crippen LogP contribution < -0.4 is 15.8 Å². The Bertz CT molecular complexity index is 1450. The second-order valence-corrected chi connectivity index (χ2v) is 8.67. The van der Waals surface area contributed by atoms with Crippen LogP contribution in [0.15, 0.2) is 65.5 Å². The molecule has 0 aliphatic carbocycles. The van der Waals surface area contributed by atoms with Crippen molar-refractivity contribution in [1.29, 1.82) is 0 Å². The number of aromatic nitrogens is 3. The quantitative estimate of drug-likeness (QED) is 0.421. The number of carbonyl (C=O) groups excluding carboxylic acids is 1. The average molecular weight is 470 g/mol. The molecule has 8 nitrogen and oxygen atoms in total. The van der Waals surface area contributed by atoms with E-state index < -0.39 is 0 Å². The highest BCUT2D eigenvalue weighted by Gasteiger charge is 2.20. The van der Waals surface area contributed by atoms with E-state index in [1.807, 2.05) is 13.0 Å². The summed E-state index contributed by atoms with van der Waals surface area (Å²) in [6.07, 6.45) is 1.42. The first-order chi connectivity index (χ1) is 17.0. The van der Waals surface area contributed by atoms with Crippen LogP contribution in [0.4, 0.5) is 5.95 Å². The maximum absolute atomic E-state index is 13.0. The van der Waals surface area contributed by atoms with Gasteiger partial charge < -0.3 is 15.3 Å². The van der Waals surface area contributed by atoms with Gasteiger partial charge in [-0.1, -0.05) is 24.3 Å². The maximum Gasteiger partial charge on any atom is 0.256 e. The molecule has 0 spiro atoms. The molecule has 2 aromatic heterocycles. The number of fused-ring (bicyclic) bond motifs is 2. The summed E-state index contributed by atoms with van der Waals surface area (Å²) in [5.41, 5.74) is 4.86. The van der Waals surface area contributed by atoms with Gasteiger partial charge in [0.15, 0.2) is 5.65 Å². The fourth-order valence-corrected chi connectivity index (χ4v) is 4.45. The number of nitrogens with one attached hydrogen (secondary N) is 1. The molecular weight excluding hydrogens is 442 g/mol. The van der Waals surface area contributed by atoms with Gasteiger partial charge in [0.25, 0.3) is 11.5 Å². The van der Waals surface area contributed by atoms with Gasteiger partial charge in [0.05, 0.1) is 11.4 Å². The van der Waals surface area contributed by atoms with Gasteiger partial charge in [-0.3, -0.25) is 14.2 Å². The van der Waals surface area contributed by atoms with Crippen molar-refractivity contribution in [3.63, 3.8) is 0 Å². The van der Waals surface area contributed by atoms with Crippen LogP contribution in [0.3, 0.4) is 0 Å². The lowest BCUT2D eigenvalue weighted by molar-refractivity contribution is 0.0951. The third-order valence-electron chi connectivity index (χ3n) is 6.35. The molecule has 0 fully saturated rings. The largest absolute Gasteiger partial charge is 0.396 e. The Morgan fingerprint density at radius 1 is 1.03 bits per heavy atom. The Labute approximate surface area is 202 Å². The smallest absolute Gasteiger partial charge is 0.256 e. The summed E-state index contributed by atoms with van der Waals surface area (Å²) in [6.45, 7) is 3.88. The molecule has 4 aromatic rings. The van der Waals surface area contributed by atoms with Crippen LogP contribution in [0.2, 0.25) is 0 Å². The molecule has 1 aliphatic heterocycles. The van der Waals surface area contributed by atoms with Gasteiger partial charge in [-0.25, -0.2) is 4.98 Å². The van der Waals surface area contributed by atoms with Crippen molar-refractivity contribution < 1.29 is 9.90 Å². The molecule has 0 saturated carbocycles. The Hall–Kier alpha value is -4.04. The summed E-state index contributed by atoms with van der Waals surface area (Å²) in [6, 6.07) is 18.5. The lowest BCUT2D eigenvalue weighted by Gasteiger charge is -2.29. The molecule has 35 heavy (non-hydrogen) atoms. The van der Waals surface area contributed by atoms with E-state index in [1.165, 1.54) is 17.2 Å². The van der Waals surface area contributed by atoms with Crippen LogP contribution in [0, 0.1) is 6.92 Å². The SMILES string of the molecule is Cc1nc(N2CCc3ccccc3C2)nc2c1ccc(=O)n2-c1ccc(C(=O)NCCCO)cc1. The number of aryl methyl sites for hydroxylation is 1. The maximum atomic E-state index is 13.0. The molecule has 1 amide bonds. The molecule has 178 valence electrons. The van der Waals surface area contributed by atoms with E-state index in [0.29, 0.717) is 35.8 Å². The molecule has 0 saturated heterocycles. The van der Waals surface area contributed by atoms with Crippen molar-refractivity contribution in [3.05, 3.63) is 93.4 Å². The Morgan fingerprint density at radius 3 is 2.57 bits per heavy atom. The third kappa shape index (κ3) is 4.52. The fourth-order valence-electron chi connectivity index (χ4n) is 4.45. The van der Waals surface area contributed by atoms with Gasteiger partial charge in [0.1, 0.15) is 0 Å². The molecular formula is C27H27N5O3. The first kappa shape index (κ1) is 22.7. The summed E-state index contributed by atoms with van der Waals surface area (Å²) in [4.78, 5) is 37.1. The summed E-state index contributed by atoms with van der Waals surface area (Å²) in [5.74, 6) is 0.379. The number of nitrogens with zero attached hydrogens (tertiary/aromatic N) is 4. The summed E-state index contributed by atoms with van der Waals surface area (Å²) >= 11 is 0. The highest BCUT2D eigenvalue weighted by atomic mass is 16.3. The first-order valence-corrected chi connectivity index (χ1v) is 11.8. The predicted octanol–water partition coefficient (Wildman–Crippen LogP) is 2.76. The van der Waals surface area contributed by atoms with Crippen molar-refractivity contribution in [2.75, 3.05) is 24.6 Å². The Balaban J connectivity index is 1.52. The van der Waals surface area contributed by atoms with E-state index in [0.717, 1.165) is 30.6 Å². The zero-order valence-corrected chi connectivity index (χ0v) is 19.6. The van der Waals surface area contributed by atoms with Gasteiger partial charge in [0, 0.05) is 43.3 Å². The van der Waals surface area contributed by atoms with Gasteiger partial charge in [-0.15, -0.1) is 0 Å². The topological polar surface area (TPSA) is 100 Å². The number of carbonyl (C=O) groups is 1. The highest BCUT2D eigenvalue weighted by molar-refractivity contribution is 5.94. The van der Waals surface area contributed by atoms with Gasteiger partial charge in [0.2, 0.25) is 5.95 Å². The van der Waals surface area contributed by atoms with E-state index in [1.54, 1.807) is 34.9 Å². The second-order valence-electron chi connectivity index (χ2n) is 8.67. The minimum Gasteiger partial charge on any atom is -0.396 e. The van der Waals surface area contributed by atoms with Crippen LogP contribution in [0.5, 0.6) is 0 Å². The molecule has 5 rings (SSSR count). The van der Waals surface area contributed by atoms with Gasteiger partial charge in [-0.2, -0.15) is 4.98 Å². The summed E-state index contributed by atoms with van der Waals surface area (Å²) in [7, 11) is 0. The van der Waals surface area contributed by atoms with Crippen LogP contribution in [-0.2, 0) is 13.0 Å². The minimum absolute atomic E-state index is 0.0242. The number of hydrogen-bond acceptors (Lipinski definition) is 6. The number of anilines is 1. The van der Waals surface area contributed by atoms with Crippen molar-refractivity contribution >= 4 is 22.9 Å². The number of aliphatic hydroxyl groups excluding tert-OH is 1. The standard InChI is InChI=1S/C27H27N5O3/c1-18-23-11-12-24(34)32(22-9-7-20(8-10-22)26(35)28-14-4-16-33)25(23)30-27(29-18)31-15-13-19-5-2-3-6-21(19)17-31/h2-3,5-12,33H,4,13-17H2,1H3,(H,28,35). The molecule has 3 heterocycles.